The fraction of sp³-hybridized carbons (Fsp3) is 0.261. The Hall–Kier alpha value is -2.77. The fourth-order valence-electron chi connectivity index (χ4n) is 2.85. The number of nitrogens with zero attached hydrogens (tertiary/aromatic N) is 2. The molecule has 1 aromatic heterocycles. The summed E-state index contributed by atoms with van der Waals surface area (Å²) in [5, 5.41) is 0. The van der Waals surface area contributed by atoms with Crippen LogP contribution in [0.2, 0.25) is 0 Å². The van der Waals surface area contributed by atoms with E-state index in [0.717, 1.165) is 22.9 Å². The number of aromatic nitrogens is 1. The van der Waals surface area contributed by atoms with Gasteiger partial charge in [-0.25, -0.2) is 12.8 Å². The highest BCUT2D eigenvalue weighted by Crippen LogP contribution is 2.23. The maximum atomic E-state index is 13.7. The lowest BCUT2D eigenvalue weighted by atomic mass is 10.2. The molecule has 7 heteroatoms. The number of hydrogen-bond acceptors (Lipinski definition) is 4. The van der Waals surface area contributed by atoms with Crippen LogP contribution in [-0.4, -0.2) is 24.3 Å². The Bertz CT molecular complexity index is 1060. The quantitative estimate of drug-likeness (QED) is 0.498. The Kier molecular flexibility index (Phi) is 7.18. The Balaban J connectivity index is 1.86. The highest BCUT2D eigenvalue weighted by atomic mass is 32.2. The molecule has 158 valence electrons. The van der Waals surface area contributed by atoms with Crippen molar-refractivity contribution in [3.8, 4) is 5.75 Å². The Labute approximate surface area is 177 Å². The van der Waals surface area contributed by atoms with Gasteiger partial charge in [0, 0.05) is 25.5 Å². The van der Waals surface area contributed by atoms with Crippen LogP contribution in [-0.2, 0) is 23.1 Å². The zero-order valence-corrected chi connectivity index (χ0v) is 17.8. The van der Waals surface area contributed by atoms with Crippen LogP contribution in [0.3, 0.4) is 0 Å². The molecule has 0 spiro atoms. The molecule has 3 rings (SSSR count). The first-order chi connectivity index (χ1) is 14.3. The van der Waals surface area contributed by atoms with Gasteiger partial charge >= 0.3 is 0 Å². The molecule has 0 radical (unpaired) electrons. The zero-order chi connectivity index (χ0) is 21.6. The standard InChI is InChI=1S/C23H25FN2O3S/c1-18(2)17-29-22-8-6-19(7-9-22)15-26(16-20-10-12-25-13-11-20)30(27,28)23-5-3-4-21(24)14-23/h3-14,18H,15-17H2,1-2H3. The van der Waals surface area contributed by atoms with Crippen LogP contribution >= 0.6 is 0 Å². The van der Waals surface area contributed by atoms with E-state index in [1.165, 1.54) is 22.5 Å². The van der Waals surface area contributed by atoms with Crippen molar-refractivity contribution in [2.24, 2.45) is 5.92 Å². The van der Waals surface area contributed by atoms with E-state index >= 15 is 0 Å². The maximum Gasteiger partial charge on any atom is 0.243 e. The predicted octanol–water partition coefficient (Wildman–Crippen LogP) is 4.65. The minimum absolute atomic E-state index is 0.0755. The highest BCUT2D eigenvalue weighted by Gasteiger charge is 2.25. The minimum atomic E-state index is -3.91. The first-order valence-electron chi connectivity index (χ1n) is 9.71. The summed E-state index contributed by atoms with van der Waals surface area (Å²) in [6.45, 7) is 5.05. The molecule has 0 unspecified atom stereocenters. The largest absolute Gasteiger partial charge is 0.493 e. The monoisotopic (exact) mass is 428 g/mol. The Morgan fingerprint density at radius 1 is 0.967 bits per heavy atom. The van der Waals surface area contributed by atoms with Crippen LogP contribution in [0.5, 0.6) is 5.75 Å². The zero-order valence-electron chi connectivity index (χ0n) is 17.0. The van der Waals surface area contributed by atoms with E-state index in [0.29, 0.717) is 12.5 Å². The molecule has 0 fully saturated rings. The van der Waals surface area contributed by atoms with Gasteiger partial charge in [0.05, 0.1) is 11.5 Å². The van der Waals surface area contributed by atoms with Crippen molar-refractivity contribution in [3.63, 3.8) is 0 Å². The third-order valence-electron chi connectivity index (χ3n) is 4.41. The summed E-state index contributed by atoms with van der Waals surface area (Å²) in [7, 11) is -3.91. The smallest absolute Gasteiger partial charge is 0.243 e. The molecule has 0 aliphatic carbocycles. The summed E-state index contributed by atoms with van der Waals surface area (Å²) in [6, 6.07) is 15.9. The van der Waals surface area contributed by atoms with Gasteiger partial charge in [0.2, 0.25) is 10.0 Å². The molecule has 0 bridgehead atoms. The van der Waals surface area contributed by atoms with Crippen LogP contribution in [0.15, 0.2) is 78.0 Å². The molecule has 0 aliphatic heterocycles. The Morgan fingerprint density at radius 2 is 1.60 bits per heavy atom. The fourth-order valence-corrected chi connectivity index (χ4v) is 4.30. The van der Waals surface area contributed by atoms with Crippen LogP contribution in [0.25, 0.3) is 0 Å². The lowest BCUT2D eigenvalue weighted by Gasteiger charge is -2.23. The SMILES string of the molecule is CC(C)COc1ccc(CN(Cc2ccncc2)S(=O)(=O)c2cccc(F)c2)cc1. The highest BCUT2D eigenvalue weighted by molar-refractivity contribution is 7.89. The molecule has 3 aromatic rings. The predicted molar refractivity (Wildman–Crippen MR) is 114 cm³/mol. The van der Waals surface area contributed by atoms with E-state index in [4.69, 9.17) is 4.74 Å². The van der Waals surface area contributed by atoms with Gasteiger partial charge in [0.25, 0.3) is 0 Å². The third kappa shape index (κ3) is 5.87. The van der Waals surface area contributed by atoms with Gasteiger partial charge in [-0.2, -0.15) is 4.31 Å². The summed E-state index contributed by atoms with van der Waals surface area (Å²) in [4.78, 5) is 3.90. The summed E-state index contributed by atoms with van der Waals surface area (Å²) >= 11 is 0. The number of benzene rings is 2. The maximum absolute atomic E-state index is 13.7. The van der Waals surface area contributed by atoms with Gasteiger partial charge in [-0.1, -0.05) is 32.0 Å². The average Bonchev–Trinajstić information content (AvgIpc) is 2.73. The van der Waals surface area contributed by atoms with Gasteiger partial charge in [0.1, 0.15) is 11.6 Å². The molecular formula is C23H25FN2O3S. The first kappa shape index (κ1) is 21.9. The third-order valence-corrected chi connectivity index (χ3v) is 6.20. The van der Waals surface area contributed by atoms with Crippen molar-refractivity contribution in [1.29, 1.82) is 0 Å². The van der Waals surface area contributed by atoms with Crippen molar-refractivity contribution < 1.29 is 17.5 Å². The summed E-state index contributed by atoms with van der Waals surface area (Å²) < 4.78 is 47.2. The molecule has 0 saturated heterocycles. The Morgan fingerprint density at radius 3 is 2.20 bits per heavy atom. The number of sulfonamides is 1. The van der Waals surface area contributed by atoms with Gasteiger partial charge in [-0.3, -0.25) is 4.98 Å². The second-order valence-electron chi connectivity index (χ2n) is 7.43. The average molecular weight is 429 g/mol. The summed E-state index contributed by atoms with van der Waals surface area (Å²) in [5.74, 6) is 0.560. The van der Waals surface area contributed by atoms with E-state index in [1.807, 2.05) is 24.3 Å². The lowest BCUT2D eigenvalue weighted by Crippen LogP contribution is -2.30. The van der Waals surface area contributed by atoms with Crippen molar-refractivity contribution in [2.45, 2.75) is 31.8 Å². The number of hydrogen-bond donors (Lipinski definition) is 0. The lowest BCUT2D eigenvalue weighted by molar-refractivity contribution is 0.271. The number of rotatable bonds is 9. The van der Waals surface area contributed by atoms with Crippen molar-refractivity contribution >= 4 is 10.0 Å². The molecule has 5 nitrogen and oxygen atoms in total. The molecule has 0 atom stereocenters. The van der Waals surface area contributed by atoms with Crippen molar-refractivity contribution in [2.75, 3.05) is 6.61 Å². The van der Waals surface area contributed by atoms with Gasteiger partial charge < -0.3 is 4.74 Å². The molecule has 30 heavy (non-hydrogen) atoms. The van der Waals surface area contributed by atoms with Crippen molar-refractivity contribution in [3.05, 3.63) is 90.0 Å². The second-order valence-corrected chi connectivity index (χ2v) is 9.37. The summed E-state index contributed by atoms with van der Waals surface area (Å²) in [6.07, 6.45) is 3.23. The van der Waals surface area contributed by atoms with E-state index < -0.39 is 15.8 Å². The molecule has 1 heterocycles. The van der Waals surface area contributed by atoms with Crippen molar-refractivity contribution in [1.82, 2.24) is 9.29 Å². The van der Waals surface area contributed by atoms with Crippen LogP contribution < -0.4 is 4.74 Å². The number of ether oxygens (including phenoxy) is 1. The molecule has 0 amide bonds. The topological polar surface area (TPSA) is 59.5 Å². The molecular weight excluding hydrogens is 403 g/mol. The second kappa shape index (κ2) is 9.82. The number of halogens is 1. The van der Waals surface area contributed by atoms with Gasteiger partial charge in [-0.15, -0.1) is 0 Å². The first-order valence-corrected chi connectivity index (χ1v) is 11.1. The molecule has 2 aromatic carbocycles. The molecule has 0 N–H and O–H groups in total. The van der Waals surface area contributed by atoms with Gasteiger partial charge in [-0.05, 0) is 59.5 Å². The van der Waals surface area contributed by atoms with Crippen LogP contribution in [0.1, 0.15) is 25.0 Å². The molecule has 0 saturated carbocycles. The summed E-state index contributed by atoms with van der Waals surface area (Å²) in [5.41, 5.74) is 1.60. The van der Waals surface area contributed by atoms with E-state index in [-0.39, 0.29) is 18.0 Å². The normalized spacial score (nSPS) is 11.8. The van der Waals surface area contributed by atoms with E-state index in [1.54, 1.807) is 24.5 Å². The van der Waals surface area contributed by atoms with Gasteiger partial charge in [0.15, 0.2) is 0 Å². The van der Waals surface area contributed by atoms with E-state index in [2.05, 4.69) is 18.8 Å². The van der Waals surface area contributed by atoms with E-state index in [9.17, 15) is 12.8 Å². The minimum Gasteiger partial charge on any atom is -0.493 e. The van der Waals surface area contributed by atoms with Crippen LogP contribution in [0, 0.1) is 11.7 Å². The van der Waals surface area contributed by atoms with Crippen LogP contribution in [0.4, 0.5) is 4.39 Å². The molecule has 0 aliphatic rings. The number of pyridine rings is 1.